The number of hydrogen-bond donors (Lipinski definition) is 1. The molecule has 1 aromatic carbocycles. The molecule has 0 aliphatic rings. The molecule has 0 radical (unpaired) electrons. The molecule has 9 heteroatoms. The maximum absolute atomic E-state index is 12.4. The molecule has 2 aromatic heterocycles. The van der Waals surface area contributed by atoms with Crippen LogP contribution < -0.4 is 5.56 Å². The lowest BCUT2D eigenvalue weighted by Gasteiger charge is -2.02. The molecular formula is C17H15N3O5S. The molecule has 2 heterocycles. The second-order valence-electron chi connectivity index (χ2n) is 5.57. The molecule has 0 saturated heterocycles. The Labute approximate surface area is 151 Å². The average molecular weight is 373 g/mol. The van der Waals surface area contributed by atoms with E-state index < -0.39 is 10.9 Å². The van der Waals surface area contributed by atoms with Crippen molar-refractivity contribution in [2.45, 2.75) is 20.3 Å². The van der Waals surface area contributed by atoms with E-state index in [4.69, 9.17) is 4.74 Å². The number of nitrogens with one attached hydrogen (secondary N) is 1. The number of carbonyl (C=O) groups excluding carboxylic acids is 1. The Balaban J connectivity index is 1.96. The number of ether oxygens (including phenoxy) is 1. The van der Waals surface area contributed by atoms with Crippen LogP contribution in [-0.4, -0.2) is 27.5 Å². The van der Waals surface area contributed by atoms with Crippen LogP contribution in [0.15, 0.2) is 29.1 Å². The van der Waals surface area contributed by atoms with Crippen LogP contribution in [0, 0.1) is 17.0 Å². The van der Waals surface area contributed by atoms with Crippen molar-refractivity contribution in [1.29, 1.82) is 0 Å². The Kier molecular flexibility index (Phi) is 4.81. The number of rotatable bonds is 5. The summed E-state index contributed by atoms with van der Waals surface area (Å²) in [4.78, 5) is 42.6. The van der Waals surface area contributed by atoms with Crippen molar-refractivity contribution in [1.82, 2.24) is 9.97 Å². The van der Waals surface area contributed by atoms with Gasteiger partial charge in [0.2, 0.25) is 0 Å². The van der Waals surface area contributed by atoms with Gasteiger partial charge in [-0.25, -0.2) is 9.78 Å². The predicted octanol–water partition coefficient (Wildman–Crippen LogP) is 2.97. The van der Waals surface area contributed by atoms with Crippen molar-refractivity contribution < 1.29 is 14.5 Å². The molecule has 0 saturated carbocycles. The van der Waals surface area contributed by atoms with E-state index in [2.05, 4.69) is 9.97 Å². The van der Waals surface area contributed by atoms with Crippen molar-refractivity contribution in [3.05, 3.63) is 66.6 Å². The summed E-state index contributed by atoms with van der Waals surface area (Å²) in [5.41, 5.74) is 1.01. The highest BCUT2D eigenvalue weighted by Crippen LogP contribution is 2.28. The largest absolute Gasteiger partial charge is 0.462 e. The van der Waals surface area contributed by atoms with Gasteiger partial charge in [-0.05, 0) is 25.0 Å². The number of nitro groups is 1. The van der Waals surface area contributed by atoms with Crippen LogP contribution in [0.5, 0.6) is 0 Å². The second kappa shape index (κ2) is 7.04. The quantitative estimate of drug-likeness (QED) is 0.418. The van der Waals surface area contributed by atoms with Gasteiger partial charge < -0.3 is 9.72 Å². The van der Waals surface area contributed by atoms with E-state index in [0.29, 0.717) is 32.9 Å². The third-order valence-electron chi connectivity index (χ3n) is 3.83. The third kappa shape index (κ3) is 3.33. The number of benzene rings is 1. The topological polar surface area (TPSA) is 115 Å². The van der Waals surface area contributed by atoms with Crippen LogP contribution in [0.2, 0.25) is 0 Å². The van der Waals surface area contributed by atoms with Crippen molar-refractivity contribution in [3.63, 3.8) is 0 Å². The molecule has 3 rings (SSSR count). The van der Waals surface area contributed by atoms with E-state index >= 15 is 0 Å². The lowest BCUT2D eigenvalue weighted by atomic mass is 10.1. The number of aryl methyl sites for hydroxylation is 1. The monoisotopic (exact) mass is 373 g/mol. The van der Waals surface area contributed by atoms with Crippen LogP contribution in [0.4, 0.5) is 5.69 Å². The number of esters is 1. The van der Waals surface area contributed by atoms with Gasteiger partial charge in [0.15, 0.2) is 0 Å². The fraction of sp³-hybridized carbons (Fsp3) is 0.235. The van der Waals surface area contributed by atoms with Gasteiger partial charge >= 0.3 is 5.97 Å². The van der Waals surface area contributed by atoms with E-state index in [0.717, 1.165) is 16.9 Å². The molecule has 0 aliphatic heterocycles. The summed E-state index contributed by atoms with van der Waals surface area (Å²) in [6.45, 7) is 3.66. The summed E-state index contributed by atoms with van der Waals surface area (Å²) < 4.78 is 5.01. The van der Waals surface area contributed by atoms with Crippen molar-refractivity contribution in [2.24, 2.45) is 0 Å². The molecule has 8 nitrogen and oxygen atoms in total. The predicted molar refractivity (Wildman–Crippen MR) is 96.8 cm³/mol. The van der Waals surface area contributed by atoms with Crippen molar-refractivity contribution in [3.8, 4) is 0 Å². The van der Waals surface area contributed by atoms with Gasteiger partial charge in [0, 0.05) is 18.6 Å². The normalized spacial score (nSPS) is 10.8. The first-order valence-electron chi connectivity index (χ1n) is 7.83. The van der Waals surface area contributed by atoms with E-state index in [1.54, 1.807) is 26.0 Å². The Morgan fingerprint density at radius 1 is 1.35 bits per heavy atom. The zero-order valence-corrected chi connectivity index (χ0v) is 14.9. The molecule has 0 fully saturated rings. The van der Waals surface area contributed by atoms with Crippen molar-refractivity contribution >= 4 is 33.2 Å². The summed E-state index contributed by atoms with van der Waals surface area (Å²) >= 11 is 1.12. The maximum atomic E-state index is 12.4. The van der Waals surface area contributed by atoms with Crippen LogP contribution in [0.1, 0.15) is 33.5 Å². The molecule has 0 unspecified atom stereocenters. The Bertz CT molecular complexity index is 1050. The van der Waals surface area contributed by atoms with Gasteiger partial charge in [0.1, 0.15) is 15.5 Å². The molecule has 1 N–H and O–H groups in total. The van der Waals surface area contributed by atoms with Crippen LogP contribution in [0.3, 0.4) is 0 Å². The van der Waals surface area contributed by atoms with Crippen LogP contribution in [0.25, 0.3) is 10.2 Å². The smallest absolute Gasteiger partial charge is 0.348 e. The molecular weight excluding hydrogens is 358 g/mol. The summed E-state index contributed by atoms with van der Waals surface area (Å²) in [5.74, 6) is -0.0441. The number of nitro benzene ring substituents is 1. The SMILES string of the molecule is CCOC(=O)c1sc2nc(Cc3ccc([N+](=O)[O-])cc3)[nH]c(=O)c2c1C. The van der Waals surface area contributed by atoms with E-state index in [9.17, 15) is 19.7 Å². The highest BCUT2D eigenvalue weighted by molar-refractivity contribution is 7.20. The molecule has 26 heavy (non-hydrogen) atoms. The maximum Gasteiger partial charge on any atom is 0.348 e. The molecule has 0 spiro atoms. The summed E-state index contributed by atoms with van der Waals surface area (Å²) in [6, 6.07) is 6.04. The Hall–Kier alpha value is -3.07. The summed E-state index contributed by atoms with van der Waals surface area (Å²) in [5, 5.41) is 11.1. The van der Waals surface area contributed by atoms with Gasteiger partial charge in [-0.2, -0.15) is 0 Å². The third-order valence-corrected chi connectivity index (χ3v) is 4.99. The number of non-ortho nitro benzene ring substituents is 1. The zero-order valence-electron chi connectivity index (χ0n) is 14.1. The van der Waals surface area contributed by atoms with E-state index in [1.165, 1.54) is 12.1 Å². The number of fused-ring (bicyclic) bond motifs is 1. The molecule has 3 aromatic rings. The molecule has 0 amide bonds. The highest BCUT2D eigenvalue weighted by atomic mass is 32.1. The zero-order chi connectivity index (χ0) is 18.8. The molecule has 0 aliphatic carbocycles. The van der Waals surface area contributed by atoms with Gasteiger partial charge in [0.05, 0.1) is 16.9 Å². The minimum Gasteiger partial charge on any atom is -0.462 e. The Morgan fingerprint density at radius 3 is 2.65 bits per heavy atom. The van der Waals surface area contributed by atoms with Gasteiger partial charge in [-0.1, -0.05) is 12.1 Å². The number of aromatic amines is 1. The van der Waals surface area contributed by atoms with Crippen LogP contribution >= 0.6 is 11.3 Å². The van der Waals surface area contributed by atoms with Gasteiger partial charge in [-0.15, -0.1) is 11.3 Å². The minimum atomic E-state index is -0.471. The second-order valence-corrected chi connectivity index (χ2v) is 6.57. The van der Waals surface area contributed by atoms with Crippen molar-refractivity contribution in [2.75, 3.05) is 6.61 Å². The van der Waals surface area contributed by atoms with Gasteiger partial charge in [-0.3, -0.25) is 14.9 Å². The summed E-state index contributed by atoms with van der Waals surface area (Å²) in [7, 11) is 0. The number of thiophene rings is 1. The lowest BCUT2D eigenvalue weighted by Crippen LogP contribution is -2.12. The number of aromatic nitrogens is 2. The molecule has 0 atom stereocenters. The molecule has 134 valence electrons. The minimum absolute atomic E-state index is 0.00128. The first-order valence-corrected chi connectivity index (χ1v) is 8.65. The first-order chi connectivity index (χ1) is 12.4. The van der Waals surface area contributed by atoms with E-state index in [-0.39, 0.29) is 17.9 Å². The number of carbonyl (C=O) groups is 1. The lowest BCUT2D eigenvalue weighted by molar-refractivity contribution is -0.384. The first kappa shape index (κ1) is 17.7. The highest BCUT2D eigenvalue weighted by Gasteiger charge is 2.20. The number of H-pyrrole nitrogens is 1. The fourth-order valence-electron chi connectivity index (χ4n) is 2.59. The molecule has 0 bridgehead atoms. The van der Waals surface area contributed by atoms with E-state index in [1.807, 2.05) is 0 Å². The summed E-state index contributed by atoms with van der Waals surface area (Å²) in [6.07, 6.45) is 0.314. The number of hydrogen-bond acceptors (Lipinski definition) is 7. The fourth-order valence-corrected chi connectivity index (χ4v) is 3.69. The van der Waals surface area contributed by atoms with Gasteiger partial charge in [0.25, 0.3) is 11.2 Å². The number of nitrogens with zero attached hydrogens (tertiary/aromatic N) is 2. The average Bonchev–Trinajstić information content (AvgIpc) is 2.93. The van der Waals surface area contributed by atoms with Crippen LogP contribution in [-0.2, 0) is 11.2 Å². The Morgan fingerprint density at radius 2 is 2.04 bits per heavy atom. The standard InChI is InChI=1S/C17H15N3O5S/c1-3-25-17(22)14-9(2)13-15(21)18-12(19-16(13)26-14)8-10-4-6-11(7-5-10)20(23)24/h4-7H,3,8H2,1-2H3,(H,18,19,21).